The van der Waals surface area contributed by atoms with Gasteiger partial charge in [0, 0.05) is 40.8 Å². The highest BCUT2D eigenvalue weighted by Crippen LogP contribution is 2.34. The van der Waals surface area contributed by atoms with Crippen LogP contribution in [0.3, 0.4) is 0 Å². The molecule has 118 valence electrons. The highest BCUT2D eigenvalue weighted by Gasteiger charge is 2.34. The minimum atomic E-state index is -0.804. The second-order valence-corrected chi connectivity index (χ2v) is 7.01. The van der Waals surface area contributed by atoms with Crippen LogP contribution >= 0.6 is 11.6 Å². The molecular weight excluding hydrogens is 300 g/mol. The van der Waals surface area contributed by atoms with Gasteiger partial charge in [-0.2, -0.15) is 0 Å². The smallest absolute Gasteiger partial charge is 0.325 e. The molecule has 0 radical (unpaired) electrons. The zero-order chi connectivity index (χ0) is 15.9. The molecule has 22 heavy (non-hydrogen) atoms. The van der Waals surface area contributed by atoms with Gasteiger partial charge in [0.15, 0.2) is 0 Å². The number of hydrogen-bond donors (Lipinski definition) is 2. The van der Waals surface area contributed by atoms with Gasteiger partial charge in [-0.1, -0.05) is 25.4 Å². The summed E-state index contributed by atoms with van der Waals surface area (Å²) < 4.78 is 0. The minimum absolute atomic E-state index is 0.513. The third-order valence-electron chi connectivity index (χ3n) is 4.47. The van der Waals surface area contributed by atoms with E-state index < -0.39 is 12.0 Å². The lowest BCUT2D eigenvalue weighted by atomic mass is 9.89. The Labute approximate surface area is 135 Å². The molecule has 0 unspecified atom stereocenters. The van der Waals surface area contributed by atoms with Crippen molar-refractivity contribution in [3.63, 3.8) is 0 Å². The van der Waals surface area contributed by atoms with Crippen molar-refractivity contribution < 1.29 is 9.90 Å². The van der Waals surface area contributed by atoms with E-state index in [4.69, 9.17) is 11.6 Å². The number of aromatic amines is 1. The molecule has 1 aliphatic heterocycles. The summed E-state index contributed by atoms with van der Waals surface area (Å²) in [5.41, 5.74) is 1.72. The van der Waals surface area contributed by atoms with Gasteiger partial charge in [-0.3, -0.25) is 9.69 Å². The average Bonchev–Trinajstić information content (AvgIpc) is 2.80. The average molecular weight is 321 g/mol. The number of likely N-dealkylation sites (tertiary alicyclic amines) is 1. The van der Waals surface area contributed by atoms with E-state index in [0.29, 0.717) is 16.9 Å². The van der Waals surface area contributed by atoms with E-state index in [9.17, 15) is 9.90 Å². The molecule has 0 aliphatic carbocycles. The number of nitrogens with zero attached hydrogens (tertiary/aromatic N) is 1. The quantitative estimate of drug-likeness (QED) is 0.901. The summed E-state index contributed by atoms with van der Waals surface area (Å²) in [7, 11) is 0. The van der Waals surface area contributed by atoms with Crippen LogP contribution in [0.2, 0.25) is 5.02 Å². The maximum absolute atomic E-state index is 12.0. The molecule has 4 nitrogen and oxygen atoms in total. The Morgan fingerprint density at radius 1 is 1.36 bits per heavy atom. The van der Waals surface area contributed by atoms with Crippen LogP contribution in [0.1, 0.15) is 31.9 Å². The van der Waals surface area contributed by atoms with E-state index in [1.54, 1.807) is 0 Å². The van der Waals surface area contributed by atoms with Gasteiger partial charge in [-0.25, -0.2) is 0 Å². The number of halogens is 1. The first kappa shape index (κ1) is 15.4. The summed E-state index contributed by atoms with van der Waals surface area (Å²) in [6.07, 6.45) is 2.96. The Morgan fingerprint density at radius 3 is 2.68 bits per heavy atom. The van der Waals surface area contributed by atoms with Gasteiger partial charge in [-0.05, 0) is 36.5 Å². The van der Waals surface area contributed by atoms with Crippen molar-refractivity contribution in [1.29, 1.82) is 0 Å². The number of hydrogen-bond acceptors (Lipinski definition) is 2. The summed E-state index contributed by atoms with van der Waals surface area (Å²) in [6.45, 7) is 6.00. The number of piperidine rings is 1. The summed E-state index contributed by atoms with van der Waals surface area (Å²) in [4.78, 5) is 17.2. The lowest BCUT2D eigenvalue weighted by Crippen LogP contribution is -2.43. The van der Waals surface area contributed by atoms with Crippen LogP contribution in [0.15, 0.2) is 24.4 Å². The van der Waals surface area contributed by atoms with Crippen LogP contribution in [-0.4, -0.2) is 34.0 Å². The standard InChI is InChI=1S/C17H21ClN2O2/c1-10-5-11(2)9-20(8-10)16(17(21)22)14-7-19-15-4-3-12(18)6-13(14)15/h3-4,6-7,10-11,16,19H,5,8-9H2,1-2H3,(H,21,22)/t10-,11+,16-/m1/s1. The number of H-pyrrole nitrogens is 1. The van der Waals surface area contributed by atoms with E-state index in [-0.39, 0.29) is 0 Å². The van der Waals surface area contributed by atoms with Crippen LogP contribution in [0.5, 0.6) is 0 Å². The molecule has 0 saturated carbocycles. The third kappa shape index (κ3) is 2.85. The maximum Gasteiger partial charge on any atom is 0.325 e. The zero-order valence-electron chi connectivity index (χ0n) is 12.8. The largest absolute Gasteiger partial charge is 0.480 e. The Morgan fingerprint density at radius 2 is 2.05 bits per heavy atom. The number of nitrogens with one attached hydrogen (secondary N) is 1. The number of carbonyl (C=O) groups is 1. The zero-order valence-corrected chi connectivity index (χ0v) is 13.6. The fourth-order valence-corrected chi connectivity index (χ4v) is 3.92. The van der Waals surface area contributed by atoms with Crippen LogP contribution in [0.25, 0.3) is 10.9 Å². The van der Waals surface area contributed by atoms with Gasteiger partial charge < -0.3 is 10.1 Å². The molecule has 0 bridgehead atoms. The Balaban J connectivity index is 2.03. The normalized spacial score (nSPS) is 24.5. The van der Waals surface area contributed by atoms with Gasteiger partial charge in [0.05, 0.1) is 0 Å². The monoisotopic (exact) mass is 320 g/mol. The number of benzene rings is 1. The molecule has 2 aromatic rings. The third-order valence-corrected chi connectivity index (χ3v) is 4.70. The van der Waals surface area contributed by atoms with Crippen LogP contribution < -0.4 is 0 Å². The summed E-state index contributed by atoms with van der Waals surface area (Å²) in [5.74, 6) is 0.223. The molecule has 1 saturated heterocycles. The molecule has 1 aliphatic rings. The van der Waals surface area contributed by atoms with Crippen molar-refractivity contribution in [2.75, 3.05) is 13.1 Å². The Bertz CT molecular complexity index is 687. The summed E-state index contributed by atoms with van der Waals surface area (Å²) >= 11 is 6.09. The molecule has 2 N–H and O–H groups in total. The lowest BCUT2D eigenvalue weighted by molar-refractivity contribution is -0.144. The maximum atomic E-state index is 12.0. The SMILES string of the molecule is C[C@@H]1C[C@H](C)CN([C@@H](C(=O)O)c2c[nH]c3ccc(Cl)cc23)C1. The number of aliphatic carboxylic acids is 1. The second-order valence-electron chi connectivity index (χ2n) is 6.57. The first-order valence-corrected chi connectivity index (χ1v) is 8.07. The number of carboxylic acid groups (broad SMARTS) is 1. The summed E-state index contributed by atoms with van der Waals surface area (Å²) in [5, 5.41) is 11.3. The lowest BCUT2D eigenvalue weighted by Gasteiger charge is -2.38. The fourth-order valence-electron chi connectivity index (χ4n) is 3.75. The molecule has 0 amide bonds. The first-order chi connectivity index (χ1) is 10.5. The van der Waals surface area contributed by atoms with Gasteiger partial charge >= 0.3 is 5.97 Å². The van der Waals surface area contributed by atoms with E-state index in [2.05, 4.69) is 23.7 Å². The highest BCUT2D eigenvalue weighted by molar-refractivity contribution is 6.31. The van der Waals surface area contributed by atoms with E-state index in [0.717, 1.165) is 36.0 Å². The second kappa shape index (κ2) is 5.94. The van der Waals surface area contributed by atoms with Gasteiger partial charge in [0.25, 0.3) is 0 Å². The fraction of sp³-hybridized carbons (Fsp3) is 0.471. The van der Waals surface area contributed by atoms with E-state index >= 15 is 0 Å². The molecule has 5 heteroatoms. The molecule has 0 spiro atoms. The predicted molar refractivity (Wildman–Crippen MR) is 88.2 cm³/mol. The minimum Gasteiger partial charge on any atom is -0.480 e. The van der Waals surface area contributed by atoms with Gasteiger partial charge in [-0.15, -0.1) is 0 Å². The topological polar surface area (TPSA) is 56.3 Å². The first-order valence-electron chi connectivity index (χ1n) is 7.69. The number of carboxylic acids is 1. The van der Waals surface area contributed by atoms with Gasteiger partial charge in [0.1, 0.15) is 6.04 Å². The van der Waals surface area contributed by atoms with Gasteiger partial charge in [0.2, 0.25) is 0 Å². The molecule has 1 aromatic heterocycles. The number of rotatable bonds is 3. The van der Waals surface area contributed by atoms with Crippen molar-refractivity contribution in [3.8, 4) is 0 Å². The highest BCUT2D eigenvalue weighted by atomic mass is 35.5. The molecule has 2 heterocycles. The summed E-state index contributed by atoms with van der Waals surface area (Å²) in [6, 6.07) is 4.92. The molecular formula is C17H21ClN2O2. The Hall–Kier alpha value is -1.52. The predicted octanol–water partition coefficient (Wildman–Crippen LogP) is 3.92. The van der Waals surface area contributed by atoms with Crippen LogP contribution in [0.4, 0.5) is 0 Å². The van der Waals surface area contributed by atoms with Crippen molar-refractivity contribution in [2.45, 2.75) is 26.3 Å². The number of aromatic nitrogens is 1. The van der Waals surface area contributed by atoms with E-state index in [1.807, 2.05) is 24.4 Å². The van der Waals surface area contributed by atoms with Crippen molar-refractivity contribution in [2.24, 2.45) is 11.8 Å². The molecule has 1 aromatic carbocycles. The van der Waals surface area contributed by atoms with Crippen molar-refractivity contribution in [3.05, 3.63) is 35.0 Å². The van der Waals surface area contributed by atoms with E-state index in [1.165, 1.54) is 0 Å². The molecule has 3 atom stereocenters. The number of fused-ring (bicyclic) bond motifs is 1. The van der Waals surface area contributed by atoms with Crippen molar-refractivity contribution in [1.82, 2.24) is 9.88 Å². The van der Waals surface area contributed by atoms with Crippen molar-refractivity contribution >= 4 is 28.5 Å². The Kier molecular flexibility index (Phi) is 4.15. The molecule has 1 fully saturated rings. The van der Waals surface area contributed by atoms with Crippen LogP contribution in [-0.2, 0) is 4.79 Å². The van der Waals surface area contributed by atoms with Crippen LogP contribution in [0, 0.1) is 11.8 Å². The molecule has 3 rings (SSSR count).